The van der Waals surface area contributed by atoms with Crippen molar-refractivity contribution in [1.29, 1.82) is 0 Å². The smallest absolute Gasteiger partial charge is 0.388 e. The Balaban J connectivity index is 1.95. The van der Waals surface area contributed by atoms with E-state index in [4.69, 9.17) is 55.9 Å². The maximum atomic E-state index is 13.8. The molecule has 24 heavy (non-hydrogen) atoms. The first-order valence-corrected chi connectivity index (χ1v) is 8.04. The monoisotopic (exact) mass is 409 g/mol. The third-order valence-electron chi connectivity index (χ3n) is 3.18. The lowest BCUT2D eigenvalue weighted by Gasteiger charge is -2.33. The van der Waals surface area contributed by atoms with E-state index in [2.05, 4.69) is 5.32 Å². The number of alkyl halides is 3. The molecule has 4 nitrogen and oxygen atoms in total. The number of amides is 1. The number of carbonyl (C=O) groups is 1. The summed E-state index contributed by atoms with van der Waals surface area (Å²) in [4.78, 5) is 12.4. The number of halogens is 5. The van der Waals surface area contributed by atoms with Gasteiger partial charge in [-0.15, -0.1) is 0 Å². The molecule has 126 valence electrons. The van der Waals surface area contributed by atoms with Crippen LogP contribution in [-0.2, 0) is 0 Å². The molecule has 2 aromatic rings. The number of hydrogen-bond acceptors (Lipinski definition) is 3. The first-order valence-electron chi connectivity index (χ1n) is 6.53. The number of rotatable bonds is 2. The summed E-state index contributed by atoms with van der Waals surface area (Å²) in [6, 6.07) is 9.80. The van der Waals surface area contributed by atoms with Crippen LogP contribution in [-0.4, -0.2) is 15.6 Å². The SMILES string of the molecule is O=C(N[C@]1(C(Cl)(Cl)Cl)Oc2ccc(Cl)cc2O1)c1ccccc1F. The Bertz CT molecular complexity index is 812. The summed E-state index contributed by atoms with van der Waals surface area (Å²) < 4.78 is 22.6. The van der Waals surface area contributed by atoms with E-state index in [0.717, 1.165) is 6.07 Å². The Morgan fingerprint density at radius 3 is 2.42 bits per heavy atom. The summed E-state index contributed by atoms with van der Waals surface area (Å²) >= 11 is 23.7. The summed E-state index contributed by atoms with van der Waals surface area (Å²) in [6.45, 7) is 0. The highest BCUT2D eigenvalue weighted by atomic mass is 35.6. The summed E-state index contributed by atoms with van der Waals surface area (Å²) in [5.41, 5.74) is -0.257. The van der Waals surface area contributed by atoms with Crippen molar-refractivity contribution in [3.63, 3.8) is 0 Å². The van der Waals surface area contributed by atoms with Crippen LogP contribution in [0.3, 0.4) is 0 Å². The summed E-state index contributed by atoms with van der Waals surface area (Å²) in [7, 11) is 0. The normalized spacial score (nSPS) is 19.2. The molecular formula is C15H8Cl4FNO3. The number of nitrogens with one attached hydrogen (secondary N) is 1. The first kappa shape index (κ1) is 17.4. The summed E-state index contributed by atoms with van der Waals surface area (Å²) in [5, 5.41) is 2.65. The molecule has 1 amide bonds. The van der Waals surface area contributed by atoms with Crippen molar-refractivity contribution in [1.82, 2.24) is 5.32 Å². The lowest BCUT2D eigenvalue weighted by molar-refractivity contribution is -0.0953. The number of fused-ring (bicyclic) bond motifs is 1. The van der Waals surface area contributed by atoms with Crippen LogP contribution >= 0.6 is 46.4 Å². The van der Waals surface area contributed by atoms with Crippen LogP contribution in [0.4, 0.5) is 4.39 Å². The number of carbonyl (C=O) groups excluding carboxylic acids is 1. The second-order valence-electron chi connectivity index (χ2n) is 4.84. The van der Waals surface area contributed by atoms with Gasteiger partial charge in [0.15, 0.2) is 11.5 Å². The van der Waals surface area contributed by atoms with E-state index >= 15 is 0 Å². The third-order valence-corrected chi connectivity index (χ3v) is 4.16. The van der Waals surface area contributed by atoms with Crippen LogP contribution in [0, 0.1) is 5.82 Å². The van der Waals surface area contributed by atoms with Crippen LogP contribution < -0.4 is 14.8 Å². The minimum Gasteiger partial charge on any atom is -0.428 e. The first-order chi connectivity index (χ1) is 11.2. The van der Waals surface area contributed by atoms with Crippen LogP contribution in [0.1, 0.15) is 10.4 Å². The van der Waals surface area contributed by atoms with E-state index in [9.17, 15) is 9.18 Å². The molecule has 3 rings (SSSR count). The number of hydrogen-bond donors (Lipinski definition) is 1. The largest absolute Gasteiger partial charge is 0.428 e. The maximum Gasteiger partial charge on any atom is 0.388 e. The fourth-order valence-corrected chi connectivity index (χ4v) is 2.61. The molecule has 2 aromatic carbocycles. The third kappa shape index (κ3) is 3.09. The highest BCUT2D eigenvalue weighted by Gasteiger charge is 2.59. The predicted molar refractivity (Wildman–Crippen MR) is 89.6 cm³/mol. The van der Waals surface area contributed by atoms with E-state index in [0.29, 0.717) is 5.02 Å². The van der Waals surface area contributed by atoms with E-state index in [-0.39, 0.29) is 17.1 Å². The highest BCUT2D eigenvalue weighted by Crippen LogP contribution is 2.49. The van der Waals surface area contributed by atoms with Gasteiger partial charge in [0, 0.05) is 11.1 Å². The molecule has 0 unspecified atom stereocenters. The zero-order valence-corrected chi connectivity index (χ0v) is 14.7. The van der Waals surface area contributed by atoms with Gasteiger partial charge in [0.25, 0.3) is 9.70 Å². The van der Waals surface area contributed by atoms with E-state index in [1.54, 1.807) is 0 Å². The molecule has 0 bridgehead atoms. The van der Waals surface area contributed by atoms with Gasteiger partial charge in [-0.3, -0.25) is 10.1 Å². The van der Waals surface area contributed by atoms with Gasteiger partial charge in [-0.25, -0.2) is 4.39 Å². The quantitative estimate of drug-likeness (QED) is 0.729. The molecular weight excluding hydrogens is 403 g/mol. The molecule has 0 radical (unpaired) electrons. The lowest BCUT2D eigenvalue weighted by atomic mass is 10.2. The van der Waals surface area contributed by atoms with Crippen molar-refractivity contribution >= 4 is 52.3 Å². The van der Waals surface area contributed by atoms with Gasteiger partial charge in [0.05, 0.1) is 5.56 Å². The standard InChI is InChI=1S/C15H8Cl4FNO3/c16-8-5-6-11-12(7-8)24-15(23-11,14(17,18)19)21-13(22)9-3-1-2-4-10(9)20/h1-7H,(H,21,22)/t15-/m1/s1. The van der Waals surface area contributed by atoms with Crippen molar-refractivity contribution in [2.75, 3.05) is 0 Å². The van der Waals surface area contributed by atoms with Gasteiger partial charge in [0.2, 0.25) is 0 Å². The Morgan fingerprint density at radius 1 is 1.08 bits per heavy atom. The average molecular weight is 411 g/mol. The molecule has 0 saturated heterocycles. The van der Waals surface area contributed by atoms with Gasteiger partial charge < -0.3 is 9.47 Å². The maximum absolute atomic E-state index is 13.8. The average Bonchev–Trinajstić information content (AvgIpc) is 2.85. The van der Waals surface area contributed by atoms with Crippen LogP contribution in [0.5, 0.6) is 11.5 Å². The zero-order valence-electron chi connectivity index (χ0n) is 11.7. The molecule has 1 atom stereocenters. The van der Waals surface area contributed by atoms with Gasteiger partial charge in [-0.05, 0) is 24.3 Å². The minimum atomic E-state index is -2.22. The second kappa shape index (κ2) is 6.15. The zero-order chi connectivity index (χ0) is 17.5. The lowest BCUT2D eigenvalue weighted by Crippen LogP contribution is -2.63. The van der Waals surface area contributed by atoms with Crippen molar-refractivity contribution in [2.45, 2.75) is 9.70 Å². The van der Waals surface area contributed by atoms with Crippen LogP contribution in [0.15, 0.2) is 42.5 Å². The molecule has 9 heteroatoms. The summed E-state index contributed by atoms with van der Waals surface area (Å²) in [6.07, 6.45) is 0. The van der Waals surface area contributed by atoms with Gasteiger partial charge >= 0.3 is 5.91 Å². The molecule has 0 aliphatic carbocycles. The van der Waals surface area contributed by atoms with Crippen LogP contribution in [0.25, 0.3) is 0 Å². The Hall–Kier alpha value is -1.40. The van der Waals surface area contributed by atoms with Crippen molar-refractivity contribution in [2.24, 2.45) is 0 Å². The fraction of sp³-hybridized carbons (Fsp3) is 0.133. The molecule has 0 saturated carbocycles. The summed E-state index contributed by atoms with van der Waals surface area (Å²) in [5.74, 6) is -3.42. The number of benzene rings is 2. The van der Waals surface area contributed by atoms with Gasteiger partial charge in [0.1, 0.15) is 5.82 Å². The molecule has 0 spiro atoms. The minimum absolute atomic E-state index is 0.169. The fourth-order valence-electron chi connectivity index (χ4n) is 2.08. The van der Waals surface area contributed by atoms with E-state index < -0.39 is 21.4 Å². The van der Waals surface area contributed by atoms with E-state index in [1.807, 2.05) is 0 Å². The molecule has 1 N–H and O–H groups in total. The van der Waals surface area contributed by atoms with Crippen molar-refractivity contribution in [3.05, 3.63) is 58.9 Å². The molecule has 1 aliphatic heterocycles. The molecule has 1 heterocycles. The molecule has 0 fully saturated rings. The van der Waals surface area contributed by atoms with Gasteiger partial charge in [-0.2, -0.15) is 0 Å². The second-order valence-corrected chi connectivity index (χ2v) is 7.56. The molecule has 1 aliphatic rings. The van der Waals surface area contributed by atoms with Gasteiger partial charge in [-0.1, -0.05) is 58.5 Å². The highest BCUT2D eigenvalue weighted by molar-refractivity contribution is 6.68. The number of ether oxygens (including phenoxy) is 2. The Kier molecular flexibility index (Phi) is 4.47. The van der Waals surface area contributed by atoms with Crippen molar-refractivity contribution in [3.8, 4) is 11.5 Å². The Morgan fingerprint density at radius 2 is 1.75 bits per heavy atom. The van der Waals surface area contributed by atoms with Crippen molar-refractivity contribution < 1.29 is 18.7 Å². The Labute approximate surface area is 156 Å². The van der Waals surface area contributed by atoms with Crippen LogP contribution in [0.2, 0.25) is 5.02 Å². The van der Waals surface area contributed by atoms with E-state index in [1.165, 1.54) is 36.4 Å². The topological polar surface area (TPSA) is 47.6 Å². The molecule has 0 aromatic heterocycles. The predicted octanol–water partition coefficient (Wildman–Crippen LogP) is 4.70.